The molecule has 6 nitrogen and oxygen atoms in total. The smallest absolute Gasteiger partial charge is 0.323 e. The molecular weight excluding hydrogens is 398 g/mol. The Kier molecular flexibility index (Phi) is 6.08. The summed E-state index contributed by atoms with van der Waals surface area (Å²) in [6, 6.07) is 18.0. The van der Waals surface area contributed by atoms with Gasteiger partial charge in [0.15, 0.2) is 0 Å². The van der Waals surface area contributed by atoms with Crippen molar-refractivity contribution in [2.24, 2.45) is 0 Å². The summed E-state index contributed by atoms with van der Waals surface area (Å²) in [7, 11) is -3.73. The third kappa shape index (κ3) is 5.42. The average molecular weight is 415 g/mol. The molecule has 1 amide bonds. The summed E-state index contributed by atoms with van der Waals surface area (Å²) in [6.45, 7) is 0. The van der Waals surface area contributed by atoms with Crippen LogP contribution in [0.4, 0.5) is 11.5 Å². The predicted octanol–water partition coefficient (Wildman–Crippen LogP) is 3.61. The molecule has 8 heteroatoms. The summed E-state index contributed by atoms with van der Waals surface area (Å²) in [4.78, 5) is 14.9. The van der Waals surface area contributed by atoms with Gasteiger partial charge in [-0.15, -0.1) is 0 Å². The zero-order valence-electron chi connectivity index (χ0n) is 14.6. The molecule has 0 bridgehead atoms. The lowest BCUT2D eigenvalue weighted by Gasteiger charge is -2.05. The molecule has 3 rings (SSSR count). The highest BCUT2D eigenvalue weighted by molar-refractivity contribution is 7.92. The first-order valence-electron chi connectivity index (χ1n) is 8.27. The molecule has 1 aromatic heterocycles. The number of sulfonamides is 1. The van der Waals surface area contributed by atoms with Crippen molar-refractivity contribution in [1.82, 2.24) is 0 Å². The molecule has 0 saturated heterocycles. The fraction of sp³-hybridized carbons (Fsp3) is 0. The number of H-pyrrole nitrogens is 1. The number of aromatic nitrogens is 1. The van der Waals surface area contributed by atoms with Crippen molar-refractivity contribution < 1.29 is 18.2 Å². The molecule has 28 heavy (non-hydrogen) atoms. The maximum atomic E-state index is 12.4. The van der Waals surface area contributed by atoms with Crippen molar-refractivity contribution in [3.05, 3.63) is 89.6 Å². The van der Waals surface area contributed by atoms with Gasteiger partial charge in [-0.05, 0) is 54.1 Å². The SMILES string of the molecule is O=C(C=Cc1ccc(Cl)cc1)Nc1ccc(S(=O)(=O)Nc2cccc[nH+]2)cc1. The number of amides is 1. The number of hydrogen-bond donors (Lipinski definition) is 2. The maximum absolute atomic E-state index is 12.4. The molecule has 142 valence electrons. The van der Waals surface area contributed by atoms with E-state index in [1.165, 1.54) is 30.3 Å². The van der Waals surface area contributed by atoms with Gasteiger partial charge in [-0.3, -0.25) is 4.79 Å². The number of carbonyl (C=O) groups excluding carboxylic acids is 1. The number of nitrogens with one attached hydrogen (secondary N) is 3. The highest BCUT2D eigenvalue weighted by Gasteiger charge is 2.19. The van der Waals surface area contributed by atoms with Crippen molar-refractivity contribution >= 4 is 45.1 Å². The van der Waals surface area contributed by atoms with E-state index in [1.807, 2.05) is 0 Å². The van der Waals surface area contributed by atoms with E-state index in [-0.39, 0.29) is 10.8 Å². The van der Waals surface area contributed by atoms with E-state index in [1.54, 1.807) is 54.7 Å². The van der Waals surface area contributed by atoms with Gasteiger partial charge in [0, 0.05) is 22.9 Å². The summed E-state index contributed by atoms with van der Waals surface area (Å²) in [5, 5.41) is 3.30. The summed E-state index contributed by atoms with van der Waals surface area (Å²) in [5.41, 5.74) is 1.32. The van der Waals surface area contributed by atoms with Crippen LogP contribution in [0.25, 0.3) is 6.08 Å². The summed E-state index contributed by atoms with van der Waals surface area (Å²) in [6.07, 6.45) is 4.67. The lowest BCUT2D eigenvalue weighted by Crippen LogP contribution is -2.19. The van der Waals surface area contributed by atoms with E-state index in [9.17, 15) is 13.2 Å². The topological polar surface area (TPSA) is 89.4 Å². The predicted molar refractivity (Wildman–Crippen MR) is 109 cm³/mol. The molecule has 2 aromatic carbocycles. The first-order chi connectivity index (χ1) is 13.4. The minimum Gasteiger partial charge on any atom is -0.323 e. The molecular formula is C20H17ClN3O3S+. The van der Waals surface area contributed by atoms with Crippen LogP contribution in [0.3, 0.4) is 0 Å². The number of carbonyl (C=O) groups is 1. The molecule has 0 atom stereocenters. The standard InChI is InChI=1S/C20H16ClN3O3S/c21-16-7-4-15(5-8-16)6-13-20(25)23-17-9-11-18(12-10-17)28(26,27)24-19-3-1-2-14-22-19/h1-14H,(H,22,24)(H,23,25)/p+1. The monoisotopic (exact) mass is 414 g/mol. The van der Waals surface area contributed by atoms with Crippen molar-refractivity contribution in [3.8, 4) is 0 Å². The second kappa shape index (κ2) is 8.69. The molecule has 0 unspecified atom stereocenters. The van der Waals surface area contributed by atoms with E-state index >= 15 is 0 Å². The van der Waals surface area contributed by atoms with Crippen molar-refractivity contribution in [3.63, 3.8) is 0 Å². The Morgan fingerprint density at radius 1 is 0.964 bits per heavy atom. The zero-order valence-corrected chi connectivity index (χ0v) is 16.2. The van der Waals surface area contributed by atoms with Gasteiger partial charge in [-0.1, -0.05) is 29.8 Å². The third-order valence-electron chi connectivity index (χ3n) is 3.68. The Labute approximate surface area is 167 Å². The van der Waals surface area contributed by atoms with Crippen LogP contribution in [-0.4, -0.2) is 14.3 Å². The third-order valence-corrected chi connectivity index (χ3v) is 5.32. The van der Waals surface area contributed by atoms with Gasteiger partial charge in [0.1, 0.15) is 4.90 Å². The number of halogens is 1. The molecule has 0 radical (unpaired) electrons. The molecule has 0 aliphatic heterocycles. The van der Waals surface area contributed by atoms with Crippen LogP contribution >= 0.6 is 11.6 Å². The van der Waals surface area contributed by atoms with Crippen molar-refractivity contribution in [2.45, 2.75) is 4.90 Å². The van der Waals surface area contributed by atoms with Crippen LogP contribution in [0.1, 0.15) is 5.56 Å². The first kappa shape index (κ1) is 19.6. The molecule has 1 heterocycles. The summed E-state index contributed by atoms with van der Waals surface area (Å²) >= 11 is 5.82. The van der Waals surface area contributed by atoms with Crippen LogP contribution in [0.2, 0.25) is 5.02 Å². The van der Waals surface area contributed by atoms with Gasteiger partial charge in [0.05, 0.1) is 6.20 Å². The van der Waals surface area contributed by atoms with Gasteiger partial charge in [-0.25, -0.2) is 4.98 Å². The number of hydrogen-bond acceptors (Lipinski definition) is 3. The lowest BCUT2D eigenvalue weighted by molar-refractivity contribution is -0.360. The van der Waals surface area contributed by atoms with Gasteiger partial charge >= 0.3 is 10.0 Å². The fourth-order valence-electron chi connectivity index (χ4n) is 2.31. The Morgan fingerprint density at radius 3 is 2.32 bits per heavy atom. The minimum atomic E-state index is -3.73. The van der Waals surface area contributed by atoms with E-state index in [0.717, 1.165) is 5.56 Å². The maximum Gasteiger partial charge on any atom is 0.328 e. The highest BCUT2D eigenvalue weighted by Crippen LogP contribution is 2.16. The normalized spacial score (nSPS) is 11.3. The number of benzene rings is 2. The van der Waals surface area contributed by atoms with Crippen LogP contribution in [0.5, 0.6) is 0 Å². The molecule has 0 spiro atoms. The molecule has 3 aromatic rings. The zero-order chi connectivity index (χ0) is 20.0. The van der Waals surface area contributed by atoms with Crippen LogP contribution in [0.15, 0.2) is 83.9 Å². The molecule has 3 N–H and O–H groups in total. The van der Waals surface area contributed by atoms with Crippen LogP contribution < -0.4 is 15.0 Å². The largest absolute Gasteiger partial charge is 0.328 e. The van der Waals surface area contributed by atoms with Crippen molar-refractivity contribution in [2.75, 3.05) is 10.0 Å². The number of aromatic amines is 1. The van der Waals surface area contributed by atoms with Crippen LogP contribution in [-0.2, 0) is 14.8 Å². The Morgan fingerprint density at radius 2 is 1.68 bits per heavy atom. The Balaban J connectivity index is 1.63. The molecule has 0 saturated carbocycles. The number of anilines is 2. The van der Waals surface area contributed by atoms with Gasteiger partial charge in [-0.2, -0.15) is 13.1 Å². The van der Waals surface area contributed by atoms with E-state index in [0.29, 0.717) is 16.5 Å². The second-order valence-corrected chi connectivity index (χ2v) is 7.90. The van der Waals surface area contributed by atoms with Gasteiger partial charge < -0.3 is 5.32 Å². The Bertz CT molecular complexity index is 1080. The highest BCUT2D eigenvalue weighted by atomic mass is 35.5. The summed E-state index contributed by atoms with van der Waals surface area (Å²) in [5.74, 6) is 0.0229. The Hall–Kier alpha value is -3.16. The second-order valence-electron chi connectivity index (χ2n) is 5.78. The quantitative estimate of drug-likeness (QED) is 0.604. The van der Waals surface area contributed by atoms with Gasteiger partial charge in [0.25, 0.3) is 5.82 Å². The van der Waals surface area contributed by atoms with Crippen molar-refractivity contribution in [1.29, 1.82) is 0 Å². The molecule has 0 fully saturated rings. The van der Waals surface area contributed by atoms with Gasteiger partial charge in [0.2, 0.25) is 5.91 Å². The van der Waals surface area contributed by atoms with Crippen LogP contribution in [0, 0.1) is 0 Å². The van der Waals surface area contributed by atoms with E-state index in [4.69, 9.17) is 11.6 Å². The first-order valence-corrected chi connectivity index (χ1v) is 10.1. The molecule has 0 aliphatic carbocycles. The summed E-state index contributed by atoms with van der Waals surface area (Å²) < 4.78 is 27.2. The number of pyridine rings is 1. The fourth-order valence-corrected chi connectivity index (χ4v) is 3.46. The van der Waals surface area contributed by atoms with E-state index in [2.05, 4.69) is 15.0 Å². The number of rotatable bonds is 6. The van der Waals surface area contributed by atoms with E-state index < -0.39 is 10.0 Å². The lowest BCUT2D eigenvalue weighted by atomic mass is 10.2. The minimum absolute atomic E-state index is 0.0828. The molecule has 0 aliphatic rings. The average Bonchev–Trinajstić information content (AvgIpc) is 2.68.